The highest BCUT2D eigenvalue weighted by molar-refractivity contribution is 5.99. The molecule has 1 aromatic rings. The quantitative estimate of drug-likeness (QED) is 0.136. The predicted molar refractivity (Wildman–Crippen MR) is 137 cm³/mol. The van der Waals surface area contributed by atoms with E-state index in [0.29, 0.717) is 11.3 Å². The van der Waals surface area contributed by atoms with Crippen molar-refractivity contribution < 1.29 is 19.1 Å². The van der Waals surface area contributed by atoms with E-state index in [-0.39, 0.29) is 12.7 Å². The van der Waals surface area contributed by atoms with Gasteiger partial charge in [-0.2, -0.15) is 0 Å². The highest BCUT2D eigenvalue weighted by atomic mass is 16.6. The van der Waals surface area contributed by atoms with Crippen LogP contribution in [0.25, 0.3) is 0 Å². The predicted octanol–water partition coefficient (Wildman–Crippen LogP) is 8.45. The minimum Gasteiger partial charge on any atom is -0.462 e. The number of rotatable bonds is 18. The molecule has 1 amide bonds. The van der Waals surface area contributed by atoms with E-state index >= 15 is 0 Å². The van der Waals surface area contributed by atoms with E-state index in [4.69, 9.17) is 9.47 Å². The molecule has 1 unspecified atom stereocenters. The zero-order valence-corrected chi connectivity index (χ0v) is 21.1. The summed E-state index contributed by atoms with van der Waals surface area (Å²) in [5.41, 5.74) is 0.728. The molecule has 186 valence electrons. The first-order valence-electron chi connectivity index (χ1n) is 13.0. The van der Waals surface area contributed by atoms with E-state index in [2.05, 4.69) is 24.4 Å². The van der Waals surface area contributed by atoms with Crippen molar-refractivity contribution >= 4 is 17.7 Å². The lowest BCUT2D eigenvalue weighted by Gasteiger charge is -2.15. The topological polar surface area (TPSA) is 64.6 Å². The Morgan fingerprint density at radius 2 is 1.48 bits per heavy atom. The van der Waals surface area contributed by atoms with Crippen molar-refractivity contribution in [2.75, 3.05) is 11.9 Å². The Morgan fingerprint density at radius 3 is 2.15 bits per heavy atom. The number of hydrogen-bond acceptors (Lipinski definition) is 4. The van der Waals surface area contributed by atoms with Crippen LogP contribution in [0.3, 0.4) is 0 Å². The Kier molecular flexibility index (Phi) is 16.7. The second-order valence-corrected chi connectivity index (χ2v) is 8.63. The summed E-state index contributed by atoms with van der Waals surface area (Å²) in [5, 5.41) is 2.66. The number of anilines is 1. The van der Waals surface area contributed by atoms with Crippen LogP contribution in [0.5, 0.6) is 0 Å². The van der Waals surface area contributed by atoms with E-state index in [9.17, 15) is 9.59 Å². The van der Waals surface area contributed by atoms with Crippen molar-refractivity contribution in [1.82, 2.24) is 0 Å². The molecule has 0 saturated carbocycles. The molecule has 0 saturated heterocycles. The molecule has 0 heterocycles. The number of allylic oxidation sites excluding steroid dienone is 2. The monoisotopic (exact) mass is 459 g/mol. The summed E-state index contributed by atoms with van der Waals surface area (Å²) in [6.07, 6.45) is 19.9. The van der Waals surface area contributed by atoms with Crippen molar-refractivity contribution in [2.24, 2.45) is 0 Å². The standard InChI is InChI=1S/C28H45NO4/c1-4-6-7-8-9-10-11-12-13-14-15-16-17-18-21-24(3)33-28(31)29-26-23-20-19-22-25(26)27(30)32-5-2/h10-11,19-20,22-24H,4-9,12-18,21H2,1-3H3,(H,29,31). The zero-order valence-electron chi connectivity index (χ0n) is 21.1. The van der Waals surface area contributed by atoms with Gasteiger partial charge in [0.05, 0.1) is 17.9 Å². The van der Waals surface area contributed by atoms with Gasteiger partial charge in [-0.15, -0.1) is 0 Å². The average molecular weight is 460 g/mol. The highest BCUT2D eigenvalue weighted by Crippen LogP contribution is 2.17. The normalized spacial score (nSPS) is 12.0. The first-order chi connectivity index (χ1) is 16.1. The summed E-state index contributed by atoms with van der Waals surface area (Å²) in [6.45, 7) is 6.19. The summed E-state index contributed by atoms with van der Waals surface area (Å²) in [7, 11) is 0. The number of carbonyl (C=O) groups excluding carboxylic acids is 2. The smallest absolute Gasteiger partial charge is 0.411 e. The van der Waals surface area contributed by atoms with E-state index < -0.39 is 12.1 Å². The van der Waals surface area contributed by atoms with Gasteiger partial charge in [0.1, 0.15) is 6.10 Å². The largest absolute Gasteiger partial charge is 0.462 e. The van der Waals surface area contributed by atoms with E-state index in [0.717, 1.165) is 19.3 Å². The Morgan fingerprint density at radius 1 is 0.879 bits per heavy atom. The second kappa shape index (κ2) is 19.2. The molecule has 0 spiro atoms. The Hall–Kier alpha value is -2.30. The van der Waals surface area contributed by atoms with Crippen LogP contribution in [-0.2, 0) is 9.47 Å². The average Bonchev–Trinajstić information content (AvgIpc) is 2.79. The maximum Gasteiger partial charge on any atom is 0.411 e. The molecule has 0 radical (unpaired) electrons. The third-order valence-corrected chi connectivity index (χ3v) is 5.59. The first kappa shape index (κ1) is 28.7. The maximum absolute atomic E-state index is 12.2. The van der Waals surface area contributed by atoms with E-state index in [1.165, 1.54) is 64.2 Å². The molecule has 1 atom stereocenters. The Bertz CT molecular complexity index is 686. The Balaban J connectivity index is 2.09. The van der Waals surface area contributed by atoms with Gasteiger partial charge in [-0.05, 0) is 64.5 Å². The fourth-order valence-electron chi connectivity index (χ4n) is 3.69. The molecule has 0 aliphatic heterocycles. The molecule has 5 nitrogen and oxygen atoms in total. The van der Waals surface area contributed by atoms with Gasteiger partial charge in [-0.1, -0.05) is 76.2 Å². The van der Waals surface area contributed by atoms with E-state index in [1.807, 2.05) is 6.92 Å². The number of ether oxygens (including phenoxy) is 2. The highest BCUT2D eigenvalue weighted by Gasteiger charge is 2.15. The van der Waals surface area contributed by atoms with Gasteiger partial charge in [0, 0.05) is 0 Å². The van der Waals surface area contributed by atoms with Crippen molar-refractivity contribution in [1.29, 1.82) is 0 Å². The summed E-state index contributed by atoms with van der Waals surface area (Å²) in [6, 6.07) is 6.79. The number of esters is 1. The third-order valence-electron chi connectivity index (χ3n) is 5.59. The first-order valence-corrected chi connectivity index (χ1v) is 13.0. The molecular formula is C28H45NO4. The third kappa shape index (κ3) is 14.5. The lowest BCUT2D eigenvalue weighted by molar-refractivity contribution is 0.0527. The Labute approximate surface area is 201 Å². The number of carbonyl (C=O) groups is 2. The van der Waals surface area contributed by atoms with Gasteiger partial charge in [0.15, 0.2) is 0 Å². The fraction of sp³-hybridized carbons (Fsp3) is 0.643. The number of para-hydroxylation sites is 1. The van der Waals surface area contributed by atoms with Crippen molar-refractivity contribution in [3.8, 4) is 0 Å². The van der Waals surface area contributed by atoms with Gasteiger partial charge in [0.25, 0.3) is 0 Å². The van der Waals surface area contributed by atoms with Gasteiger partial charge >= 0.3 is 12.1 Å². The molecule has 1 aromatic carbocycles. The number of unbranched alkanes of at least 4 members (excludes halogenated alkanes) is 10. The molecule has 0 fully saturated rings. The number of nitrogens with one attached hydrogen (secondary N) is 1. The summed E-state index contributed by atoms with van der Waals surface area (Å²) in [5.74, 6) is -0.458. The molecule has 0 aliphatic rings. The van der Waals surface area contributed by atoms with Crippen LogP contribution in [0.1, 0.15) is 115 Å². The number of amides is 1. The van der Waals surface area contributed by atoms with Crippen molar-refractivity contribution in [3.05, 3.63) is 42.0 Å². The van der Waals surface area contributed by atoms with E-state index in [1.54, 1.807) is 31.2 Å². The number of benzene rings is 1. The molecule has 0 aromatic heterocycles. The van der Waals surface area contributed by atoms with Crippen LogP contribution in [-0.4, -0.2) is 24.8 Å². The van der Waals surface area contributed by atoms with Crippen LogP contribution in [0.15, 0.2) is 36.4 Å². The lowest BCUT2D eigenvalue weighted by Crippen LogP contribution is -2.21. The second-order valence-electron chi connectivity index (χ2n) is 8.63. The molecule has 5 heteroatoms. The summed E-state index contributed by atoms with van der Waals surface area (Å²) in [4.78, 5) is 24.2. The minimum absolute atomic E-state index is 0.165. The molecule has 0 aliphatic carbocycles. The van der Waals surface area contributed by atoms with Crippen LogP contribution >= 0.6 is 0 Å². The van der Waals surface area contributed by atoms with Gasteiger partial charge in [0.2, 0.25) is 0 Å². The molecule has 1 rings (SSSR count). The summed E-state index contributed by atoms with van der Waals surface area (Å²) >= 11 is 0. The minimum atomic E-state index is -0.544. The zero-order chi connectivity index (χ0) is 24.2. The van der Waals surface area contributed by atoms with Crippen LogP contribution in [0, 0.1) is 0 Å². The van der Waals surface area contributed by atoms with Gasteiger partial charge in [-0.3, -0.25) is 5.32 Å². The van der Waals surface area contributed by atoms with Crippen LogP contribution in [0.2, 0.25) is 0 Å². The van der Waals surface area contributed by atoms with Crippen molar-refractivity contribution in [2.45, 2.75) is 110 Å². The molecule has 0 bridgehead atoms. The van der Waals surface area contributed by atoms with Crippen molar-refractivity contribution in [3.63, 3.8) is 0 Å². The van der Waals surface area contributed by atoms with Crippen LogP contribution in [0.4, 0.5) is 10.5 Å². The van der Waals surface area contributed by atoms with Gasteiger partial charge < -0.3 is 9.47 Å². The molecular weight excluding hydrogens is 414 g/mol. The molecule has 33 heavy (non-hydrogen) atoms. The fourth-order valence-corrected chi connectivity index (χ4v) is 3.69. The lowest BCUT2D eigenvalue weighted by atomic mass is 10.1. The summed E-state index contributed by atoms with van der Waals surface area (Å²) < 4.78 is 10.5. The SMILES string of the molecule is CCCCCCC=CCCCCCCCCC(C)OC(=O)Nc1ccccc1C(=O)OCC. The molecule has 1 N–H and O–H groups in total. The maximum atomic E-state index is 12.2. The van der Waals surface area contributed by atoms with Crippen LogP contribution < -0.4 is 5.32 Å². The number of hydrogen-bond donors (Lipinski definition) is 1. The van der Waals surface area contributed by atoms with Gasteiger partial charge in [-0.25, -0.2) is 9.59 Å².